The van der Waals surface area contributed by atoms with E-state index in [0.29, 0.717) is 23.4 Å². The predicted molar refractivity (Wildman–Crippen MR) is 122 cm³/mol. The zero-order valence-corrected chi connectivity index (χ0v) is 20.7. The lowest BCUT2D eigenvalue weighted by Crippen LogP contribution is -2.47. The number of hydrogen-bond acceptors (Lipinski definition) is 6. The van der Waals surface area contributed by atoms with Gasteiger partial charge in [-0.1, -0.05) is 6.07 Å². The van der Waals surface area contributed by atoms with Crippen LogP contribution in [0.15, 0.2) is 16.7 Å². The molecule has 32 heavy (non-hydrogen) atoms. The van der Waals surface area contributed by atoms with Gasteiger partial charge in [0.1, 0.15) is 22.1 Å². The van der Waals surface area contributed by atoms with Gasteiger partial charge in [0.15, 0.2) is 6.29 Å². The number of carbonyl (C=O) groups is 2. The Labute approximate surface area is 197 Å². The summed E-state index contributed by atoms with van der Waals surface area (Å²) >= 11 is 3.35. The molecule has 8 nitrogen and oxygen atoms in total. The van der Waals surface area contributed by atoms with E-state index in [1.807, 2.05) is 39.8 Å². The fourth-order valence-electron chi connectivity index (χ4n) is 4.57. The van der Waals surface area contributed by atoms with Gasteiger partial charge in [0, 0.05) is 18.1 Å². The monoisotopic (exact) mass is 509 g/mol. The Bertz CT molecular complexity index is 883. The molecule has 0 spiro atoms. The van der Waals surface area contributed by atoms with Crippen molar-refractivity contribution in [2.75, 3.05) is 18.5 Å². The lowest BCUT2D eigenvalue weighted by atomic mass is 10.00. The third-order valence-electron chi connectivity index (χ3n) is 6.32. The van der Waals surface area contributed by atoms with E-state index in [2.05, 4.69) is 26.2 Å². The molecule has 3 heterocycles. The van der Waals surface area contributed by atoms with Gasteiger partial charge in [-0.3, -0.25) is 9.69 Å². The number of hydrogen-bond donors (Lipinski definition) is 1. The number of pyridine rings is 1. The summed E-state index contributed by atoms with van der Waals surface area (Å²) in [4.78, 5) is 32.3. The molecule has 176 valence electrons. The molecule has 9 heteroatoms. The Morgan fingerprint density at radius 3 is 2.78 bits per heavy atom. The van der Waals surface area contributed by atoms with Crippen molar-refractivity contribution < 1.29 is 23.8 Å². The molecule has 0 aromatic carbocycles. The van der Waals surface area contributed by atoms with E-state index in [9.17, 15) is 9.59 Å². The molecule has 1 saturated carbocycles. The van der Waals surface area contributed by atoms with Gasteiger partial charge in [-0.25, -0.2) is 9.78 Å². The molecule has 4 atom stereocenters. The molecule has 2 aliphatic heterocycles. The van der Waals surface area contributed by atoms with Crippen molar-refractivity contribution in [3.8, 4) is 0 Å². The van der Waals surface area contributed by atoms with Crippen molar-refractivity contribution in [2.45, 2.75) is 83.8 Å². The quantitative estimate of drug-likeness (QED) is 0.591. The smallest absolute Gasteiger partial charge is 0.411 e. The Balaban J connectivity index is 1.50. The minimum Gasteiger partial charge on any atom is -0.444 e. The summed E-state index contributed by atoms with van der Waals surface area (Å²) in [6.07, 6.45) is 3.71. The van der Waals surface area contributed by atoms with Gasteiger partial charge in [0.05, 0.1) is 6.61 Å². The van der Waals surface area contributed by atoms with Gasteiger partial charge in [-0.15, -0.1) is 0 Å². The van der Waals surface area contributed by atoms with Crippen LogP contribution in [-0.2, 0) is 19.0 Å². The molecule has 3 aliphatic rings. The summed E-state index contributed by atoms with van der Waals surface area (Å²) in [6, 6.07) is 2.99. The highest BCUT2D eigenvalue weighted by molar-refractivity contribution is 9.10. The number of ether oxygens (including phenoxy) is 3. The summed E-state index contributed by atoms with van der Waals surface area (Å²) in [5.74, 6) is 0.222. The number of carbonyl (C=O) groups excluding carboxylic acids is 2. The van der Waals surface area contributed by atoms with Gasteiger partial charge in [0.2, 0.25) is 5.91 Å². The number of aromatic nitrogens is 1. The van der Waals surface area contributed by atoms with Gasteiger partial charge in [0.25, 0.3) is 0 Å². The van der Waals surface area contributed by atoms with Crippen LogP contribution in [0.1, 0.15) is 58.4 Å². The van der Waals surface area contributed by atoms with Crippen LogP contribution in [0.3, 0.4) is 0 Å². The fourth-order valence-corrected chi connectivity index (χ4v) is 4.88. The van der Waals surface area contributed by atoms with E-state index in [1.54, 1.807) is 4.90 Å². The molecule has 2 saturated heterocycles. The van der Waals surface area contributed by atoms with Crippen LogP contribution in [0.5, 0.6) is 0 Å². The van der Waals surface area contributed by atoms with E-state index in [4.69, 9.17) is 14.2 Å². The highest BCUT2D eigenvalue weighted by Gasteiger charge is 2.68. The second-order valence-electron chi connectivity index (χ2n) is 10.1. The number of rotatable bonds is 5. The Morgan fingerprint density at radius 1 is 1.31 bits per heavy atom. The maximum atomic E-state index is 13.3. The number of likely N-dealkylation sites (tertiary alicyclic amines) is 1. The van der Waals surface area contributed by atoms with Crippen molar-refractivity contribution in [3.05, 3.63) is 22.3 Å². The van der Waals surface area contributed by atoms with Gasteiger partial charge in [-0.2, -0.15) is 0 Å². The first-order chi connectivity index (χ1) is 15.1. The van der Waals surface area contributed by atoms with Gasteiger partial charge >= 0.3 is 6.09 Å². The molecule has 1 aliphatic carbocycles. The Morgan fingerprint density at radius 2 is 2.09 bits per heavy atom. The SMILES string of the molecule is Cc1ccc(Br)nc1NC(=O)[C@@H]1C[C@@]2(COC3CCCCO3)C[C@H]2N1C(=O)OC(C)(C)C. The number of anilines is 1. The Kier molecular flexibility index (Phi) is 6.53. The van der Waals surface area contributed by atoms with Crippen LogP contribution in [-0.4, -0.2) is 59.1 Å². The van der Waals surface area contributed by atoms with Crippen molar-refractivity contribution in [1.82, 2.24) is 9.88 Å². The van der Waals surface area contributed by atoms with Crippen molar-refractivity contribution in [2.24, 2.45) is 5.41 Å². The second-order valence-corrected chi connectivity index (χ2v) is 10.9. The summed E-state index contributed by atoms with van der Waals surface area (Å²) in [5.41, 5.74) is -0.0342. The third-order valence-corrected chi connectivity index (χ3v) is 6.77. The van der Waals surface area contributed by atoms with E-state index >= 15 is 0 Å². The first kappa shape index (κ1) is 23.4. The zero-order chi connectivity index (χ0) is 23.1. The third kappa shape index (κ3) is 5.10. The van der Waals surface area contributed by atoms with Crippen LogP contribution in [0.4, 0.5) is 10.6 Å². The molecule has 1 N–H and O–H groups in total. The van der Waals surface area contributed by atoms with Crippen molar-refractivity contribution in [3.63, 3.8) is 0 Å². The lowest BCUT2D eigenvalue weighted by Gasteiger charge is -2.29. The van der Waals surface area contributed by atoms with Crippen LogP contribution >= 0.6 is 15.9 Å². The predicted octanol–water partition coefficient (Wildman–Crippen LogP) is 4.40. The van der Waals surface area contributed by atoms with Crippen molar-refractivity contribution in [1.29, 1.82) is 0 Å². The fraction of sp³-hybridized carbons (Fsp3) is 0.696. The van der Waals surface area contributed by atoms with Crippen LogP contribution in [0.25, 0.3) is 0 Å². The lowest BCUT2D eigenvalue weighted by molar-refractivity contribution is -0.171. The molecule has 1 aromatic heterocycles. The molecule has 1 aromatic rings. The molecule has 1 unspecified atom stereocenters. The minimum absolute atomic E-state index is 0.0757. The number of nitrogens with zero attached hydrogens (tertiary/aromatic N) is 2. The molecular weight excluding hydrogens is 478 g/mol. The average molecular weight is 510 g/mol. The standard InChI is InChI=1S/C23H32BrN3O5/c1-14-8-9-17(24)25-19(14)26-20(28)15-11-23(13-31-18-7-5-6-10-30-18)12-16(23)27(15)21(29)32-22(2,3)4/h8-9,15-16,18H,5-7,10-13H2,1-4H3,(H,25,26,28)/t15-,16+,18?,23-/m0/s1. The maximum Gasteiger partial charge on any atom is 0.411 e. The summed E-state index contributed by atoms with van der Waals surface area (Å²) < 4.78 is 18.1. The van der Waals surface area contributed by atoms with Crippen LogP contribution in [0.2, 0.25) is 0 Å². The van der Waals surface area contributed by atoms with Crippen molar-refractivity contribution >= 4 is 33.7 Å². The number of amides is 2. The minimum atomic E-state index is -0.646. The van der Waals surface area contributed by atoms with E-state index < -0.39 is 17.7 Å². The molecule has 0 radical (unpaired) electrons. The first-order valence-electron chi connectivity index (χ1n) is 11.3. The average Bonchev–Trinajstić information content (AvgIpc) is 3.32. The topological polar surface area (TPSA) is 90.0 Å². The zero-order valence-electron chi connectivity index (χ0n) is 19.2. The molecule has 0 bridgehead atoms. The number of piperidine rings is 1. The van der Waals surface area contributed by atoms with Gasteiger partial charge in [-0.05, 0) is 87.4 Å². The second kappa shape index (κ2) is 8.91. The number of halogens is 1. The highest BCUT2D eigenvalue weighted by atomic mass is 79.9. The maximum absolute atomic E-state index is 13.3. The normalized spacial score (nSPS) is 29.4. The number of nitrogens with one attached hydrogen (secondary N) is 1. The first-order valence-corrected chi connectivity index (χ1v) is 12.1. The molecule has 3 fully saturated rings. The summed E-state index contributed by atoms with van der Waals surface area (Å²) in [5, 5.41) is 2.91. The van der Waals surface area contributed by atoms with Crippen LogP contribution in [0, 0.1) is 12.3 Å². The van der Waals surface area contributed by atoms with E-state index in [0.717, 1.165) is 37.9 Å². The Hall–Kier alpha value is -1.71. The van der Waals surface area contributed by atoms with Crippen LogP contribution < -0.4 is 5.32 Å². The molecule has 4 rings (SSSR count). The molecule has 2 amide bonds. The van der Waals surface area contributed by atoms with E-state index in [1.165, 1.54) is 0 Å². The number of fused-ring (bicyclic) bond motifs is 1. The highest BCUT2D eigenvalue weighted by Crippen LogP contribution is 2.60. The summed E-state index contributed by atoms with van der Waals surface area (Å²) in [6.45, 7) is 8.55. The largest absolute Gasteiger partial charge is 0.444 e. The van der Waals surface area contributed by atoms with Gasteiger partial charge < -0.3 is 19.5 Å². The van der Waals surface area contributed by atoms with E-state index in [-0.39, 0.29) is 23.7 Å². The number of aryl methyl sites for hydroxylation is 1. The molecular formula is C23H32BrN3O5. The summed E-state index contributed by atoms with van der Waals surface area (Å²) in [7, 11) is 0.